The van der Waals surface area contributed by atoms with E-state index in [9.17, 15) is 14.7 Å². The summed E-state index contributed by atoms with van der Waals surface area (Å²) in [4.78, 5) is 31.8. The third-order valence-corrected chi connectivity index (χ3v) is 6.12. The second kappa shape index (κ2) is 9.36. The van der Waals surface area contributed by atoms with Crippen LogP contribution in [0, 0.1) is 0 Å². The van der Waals surface area contributed by atoms with Crippen LogP contribution < -0.4 is 9.64 Å². The Balaban J connectivity index is 1.86. The summed E-state index contributed by atoms with van der Waals surface area (Å²) in [6.45, 7) is 4.61. The van der Waals surface area contributed by atoms with E-state index in [0.29, 0.717) is 23.1 Å². The highest BCUT2D eigenvalue weighted by atomic mass is 32.1. The number of hydrogen-bond donors (Lipinski definition) is 1. The molecular weight excluding hydrogens is 424 g/mol. The lowest BCUT2D eigenvalue weighted by molar-refractivity contribution is -0.132. The minimum atomic E-state index is -0.771. The lowest BCUT2D eigenvalue weighted by Gasteiger charge is -2.23. The first kappa shape index (κ1) is 21.8. The van der Waals surface area contributed by atoms with Crippen LogP contribution in [0.3, 0.4) is 0 Å². The molecule has 1 saturated heterocycles. The molecule has 1 aliphatic heterocycles. The molecule has 1 amide bonds. The fourth-order valence-electron chi connectivity index (χ4n) is 3.72. The van der Waals surface area contributed by atoms with Crippen LogP contribution in [0.1, 0.15) is 43.0 Å². The highest BCUT2D eigenvalue weighted by molar-refractivity contribution is 7.14. The largest absolute Gasteiger partial charge is 0.507 e. The van der Waals surface area contributed by atoms with Gasteiger partial charge in [0.05, 0.1) is 18.2 Å². The van der Waals surface area contributed by atoms with Crippen molar-refractivity contribution >= 4 is 33.9 Å². The van der Waals surface area contributed by atoms with Crippen molar-refractivity contribution in [2.24, 2.45) is 0 Å². The minimum Gasteiger partial charge on any atom is -0.507 e. The average Bonchev–Trinajstić information content (AvgIpc) is 3.44. The molecule has 2 aromatic carbocycles. The molecule has 1 fully saturated rings. The molecule has 0 aliphatic carbocycles. The summed E-state index contributed by atoms with van der Waals surface area (Å²) in [5.41, 5.74) is 2.34. The summed E-state index contributed by atoms with van der Waals surface area (Å²) >= 11 is 1.27. The maximum atomic E-state index is 13.1. The second-order valence-electron chi connectivity index (χ2n) is 7.46. The number of carbonyl (C=O) groups excluding carboxylic acids is 2. The van der Waals surface area contributed by atoms with E-state index in [-0.39, 0.29) is 11.3 Å². The van der Waals surface area contributed by atoms with Gasteiger partial charge >= 0.3 is 5.91 Å². The Kier molecular flexibility index (Phi) is 6.37. The number of thiazole rings is 1. The first-order valence-corrected chi connectivity index (χ1v) is 11.5. The molecule has 1 atom stereocenters. The van der Waals surface area contributed by atoms with Gasteiger partial charge in [0, 0.05) is 17.1 Å². The predicted molar refractivity (Wildman–Crippen MR) is 125 cm³/mol. The van der Waals surface area contributed by atoms with Gasteiger partial charge < -0.3 is 9.84 Å². The molecule has 0 saturated carbocycles. The number of benzene rings is 2. The van der Waals surface area contributed by atoms with E-state index in [4.69, 9.17) is 4.74 Å². The van der Waals surface area contributed by atoms with Crippen molar-refractivity contribution in [3.63, 3.8) is 0 Å². The molecule has 6 nitrogen and oxygen atoms in total. The number of ketones is 1. The monoisotopic (exact) mass is 448 g/mol. The van der Waals surface area contributed by atoms with Crippen LogP contribution in [0.5, 0.6) is 5.75 Å². The number of rotatable bonds is 7. The van der Waals surface area contributed by atoms with Crippen molar-refractivity contribution in [1.29, 1.82) is 0 Å². The van der Waals surface area contributed by atoms with Crippen molar-refractivity contribution in [2.45, 2.75) is 32.7 Å². The maximum absolute atomic E-state index is 13.1. The predicted octanol–water partition coefficient (Wildman–Crippen LogP) is 5.12. The molecule has 0 radical (unpaired) electrons. The molecule has 1 unspecified atom stereocenters. The highest BCUT2D eigenvalue weighted by Gasteiger charge is 2.47. The molecule has 3 aromatic rings. The maximum Gasteiger partial charge on any atom is 0.301 e. The second-order valence-corrected chi connectivity index (χ2v) is 8.33. The fourth-order valence-corrected chi connectivity index (χ4v) is 4.39. The smallest absolute Gasteiger partial charge is 0.301 e. The van der Waals surface area contributed by atoms with Crippen molar-refractivity contribution in [2.75, 3.05) is 11.5 Å². The molecule has 1 N–H and O–H groups in total. The van der Waals surface area contributed by atoms with Crippen molar-refractivity contribution in [3.8, 4) is 5.75 Å². The molecular formula is C25H24N2O4S. The molecule has 1 aliphatic rings. The van der Waals surface area contributed by atoms with E-state index in [1.54, 1.807) is 35.8 Å². The first-order valence-electron chi connectivity index (χ1n) is 10.6. The van der Waals surface area contributed by atoms with Crippen LogP contribution in [0.25, 0.3) is 5.76 Å². The number of aliphatic hydroxyl groups excluding tert-OH is 1. The molecule has 0 spiro atoms. The van der Waals surface area contributed by atoms with Gasteiger partial charge in [0.15, 0.2) is 5.13 Å². The molecule has 32 heavy (non-hydrogen) atoms. The van der Waals surface area contributed by atoms with Gasteiger partial charge in [-0.2, -0.15) is 0 Å². The number of aryl methyl sites for hydroxylation is 1. The number of ether oxygens (including phenoxy) is 1. The highest BCUT2D eigenvalue weighted by Crippen LogP contribution is 2.42. The third kappa shape index (κ3) is 4.03. The van der Waals surface area contributed by atoms with Crippen LogP contribution >= 0.6 is 11.3 Å². The van der Waals surface area contributed by atoms with E-state index >= 15 is 0 Å². The van der Waals surface area contributed by atoms with Gasteiger partial charge in [-0.25, -0.2) is 4.98 Å². The van der Waals surface area contributed by atoms with E-state index in [1.165, 1.54) is 16.2 Å². The number of aromatic nitrogens is 1. The number of anilines is 1. The summed E-state index contributed by atoms with van der Waals surface area (Å²) < 4.78 is 5.67. The van der Waals surface area contributed by atoms with E-state index in [0.717, 1.165) is 24.0 Å². The lowest BCUT2D eigenvalue weighted by Crippen LogP contribution is -2.29. The SMILES string of the molecule is CCCOc1cccc(/C(O)=C2\C(=O)C(=O)N(c3nccs3)C2c2ccc(CC)cc2)c1. The molecule has 4 rings (SSSR count). The zero-order valence-corrected chi connectivity index (χ0v) is 18.8. The quantitative estimate of drug-likeness (QED) is 0.308. The van der Waals surface area contributed by atoms with E-state index in [1.807, 2.05) is 31.2 Å². The Morgan fingerprint density at radius 1 is 1.16 bits per heavy atom. The Morgan fingerprint density at radius 2 is 1.94 bits per heavy atom. The van der Waals surface area contributed by atoms with E-state index < -0.39 is 17.7 Å². The molecule has 0 bridgehead atoms. The Bertz CT molecular complexity index is 1150. The van der Waals surface area contributed by atoms with Gasteiger partial charge in [0.25, 0.3) is 5.78 Å². The van der Waals surface area contributed by atoms with E-state index in [2.05, 4.69) is 11.9 Å². The third-order valence-electron chi connectivity index (χ3n) is 5.35. The summed E-state index contributed by atoms with van der Waals surface area (Å²) in [5.74, 6) is -1.07. The first-order chi connectivity index (χ1) is 15.5. The topological polar surface area (TPSA) is 79.7 Å². The number of amides is 1. The van der Waals surface area contributed by atoms with Gasteiger partial charge in [-0.1, -0.05) is 50.2 Å². The molecule has 2 heterocycles. The summed E-state index contributed by atoms with van der Waals surface area (Å²) in [5, 5.41) is 13.4. The van der Waals surface area contributed by atoms with Crippen LogP contribution in [0.4, 0.5) is 5.13 Å². The van der Waals surface area contributed by atoms with Gasteiger partial charge in [0.1, 0.15) is 11.5 Å². The molecule has 1 aromatic heterocycles. The van der Waals surface area contributed by atoms with Crippen LogP contribution in [-0.2, 0) is 16.0 Å². The Labute approximate surface area is 190 Å². The standard InChI is InChI=1S/C25H24N2O4S/c1-3-13-31-19-7-5-6-18(15-19)22(28)20-21(17-10-8-16(4-2)9-11-17)27(24(30)23(20)29)25-26-12-14-32-25/h5-12,14-15,21,28H,3-4,13H2,1-2H3/b22-20+. The van der Waals surface area contributed by atoms with Gasteiger partial charge in [-0.15, -0.1) is 11.3 Å². The van der Waals surface area contributed by atoms with Gasteiger partial charge in [-0.05, 0) is 36.1 Å². The number of carbonyl (C=O) groups is 2. The number of Topliss-reactive ketones (excluding diaryl/α,β-unsaturated/α-hetero) is 1. The number of aliphatic hydroxyl groups is 1. The van der Waals surface area contributed by atoms with Gasteiger partial charge in [-0.3, -0.25) is 14.5 Å². The molecule has 164 valence electrons. The average molecular weight is 449 g/mol. The summed E-state index contributed by atoms with van der Waals surface area (Å²) in [6, 6.07) is 13.9. The Morgan fingerprint density at radius 3 is 2.59 bits per heavy atom. The molecule has 7 heteroatoms. The van der Waals surface area contributed by atoms with Crippen LogP contribution in [0.2, 0.25) is 0 Å². The lowest BCUT2D eigenvalue weighted by atomic mass is 9.94. The van der Waals surface area contributed by atoms with Crippen molar-refractivity contribution in [3.05, 3.63) is 82.4 Å². The zero-order chi connectivity index (χ0) is 22.7. The normalized spacial score (nSPS) is 17.7. The summed E-state index contributed by atoms with van der Waals surface area (Å²) in [7, 11) is 0. The fraction of sp³-hybridized carbons (Fsp3) is 0.240. The summed E-state index contributed by atoms with van der Waals surface area (Å²) in [6.07, 6.45) is 3.31. The van der Waals surface area contributed by atoms with Crippen LogP contribution in [0.15, 0.2) is 65.7 Å². The minimum absolute atomic E-state index is 0.0436. The zero-order valence-electron chi connectivity index (χ0n) is 17.9. The van der Waals surface area contributed by atoms with Gasteiger partial charge in [0.2, 0.25) is 0 Å². The number of nitrogens with zero attached hydrogens (tertiary/aromatic N) is 2. The number of hydrogen-bond acceptors (Lipinski definition) is 6. The Hall–Kier alpha value is -3.45. The van der Waals surface area contributed by atoms with Crippen molar-refractivity contribution < 1.29 is 19.4 Å². The van der Waals surface area contributed by atoms with Crippen molar-refractivity contribution in [1.82, 2.24) is 4.98 Å². The van der Waals surface area contributed by atoms with Crippen LogP contribution in [-0.4, -0.2) is 28.4 Å².